The molecule has 3 heteroatoms. The molecule has 2 heterocycles. The van der Waals surface area contributed by atoms with Gasteiger partial charge in [0.2, 0.25) is 0 Å². The topological polar surface area (TPSA) is 34.4 Å². The Kier molecular flexibility index (Phi) is 4.87. The third-order valence-corrected chi connectivity index (χ3v) is 7.89. The third-order valence-electron chi connectivity index (χ3n) is 7.89. The van der Waals surface area contributed by atoms with Gasteiger partial charge >= 0.3 is 0 Å². The number of fused-ring (bicyclic) bond motifs is 4. The molecule has 178 valence electrons. The summed E-state index contributed by atoms with van der Waals surface area (Å²) in [6, 6.07) is 35.6. The second-order valence-electron chi connectivity index (χ2n) is 9.94. The molecule has 3 nitrogen and oxygen atoms in total. The Morgan fingerprint density at radius 3 is 2.22 bits per heavy atom. The SMILES string of the molecule is CCC(C)c1ccc(-c2ccc3c4c2cccc4c(=O)n2c4cccc(-c5ccccc5)c4nc32)cc1. The van der Waals surface area contributed by atoms with Crippen LogP contribution in [-0.2, 0) is 0 Å². The summed E-state index contributed by atoms with van der Waals surface area (Å²) in [6.07, 6.45) is 1.12. The fourth-order valence-electron chi connectivity index (χ4n) is 5.71. The maximum atomic E-state index is 13.9. The van der Waals surface area contributed by atoms with Gasteiger partial charge in [0.1, 0.15) is 5.65 Å². The molecule has 0 amide bonds. The van der Waals surface area contributed by atoms with Crippen molar-refractivity contribution in [3.63, 3.8) is 0 Å². The van der Waals surface area contributed by atoms with Crippen molar-refractivity contribution >= 4 is 38.2 Å². The van der Waals surface area contributed by atoms with Gasteiger partial charge in [-0.2, -0.15) is 0 Å². The van der Waals surface area contributed by atoms with E-state index >= 15 is 0 Å². The van der Waals surface area contributed by atoms with Gasteiger partial charge in [-0.1, -0.05) is 98.8 Å². The smallest absolute Gasteiger partial charge is 0.264 e. The Labute approximate surface area is 215 Å². The summed E-state index contributed by atoms with van der Waals surface area (Å²) in [5, 5.41) is 3.80. The molecule has 7 aromatic rings. The highest BCUT2D eigenvalue weighted by Crippen LogP contribution is 2.37. The first-order valence-corrected chi connectivity index (χ1v) is 12.9. The molecule has 1 unspecified atom stereocenters. The van der Waals surface area contributed by atoms with Crippen LogP contribution in [0.1, 0.15) is 31.7 Å². The van der Waals surface area contributed by atoms with E-state index in [2.05, 4.69) is 74.5 Å². The lowest BCUT2D eigenvalue weighted by Gasteiger charge is -2.13. The van der Waals surface area contributed by atoms with Gasteiger partial charge in [-0.15, -0.1) is 0 Å². The fraction of sp³-hybridized carbons (Fsp3) is 0.118. The van der Waals surface area contributed by atoms with Crippen molar-refractivity contribution in [2.75, 3.05) is 0 Å². The summed E-state index contributed by atoms with van der Waals surface area (Å²) in [7, 11) is 0. The molecule has 0 fully saturated rings. The van der Waals surface area contributed by atoms with Crippen molar-refractivity contribution in [3.8, 4) is 22.3 Å². The van der Waals surface area contributed by atoms with Gasteiger partial charge in [0, 0.05) is 21.7 Å². The Hall–Kier alpha value is -4.50. The Morgan fingerprint density at radius 1 is 0.703 bits per heavy atom. The molecule has 0 saturated carbocycles. The molecule has 0 saturated heterocycles. The van der Waals surface area contributed by atoms with Crippen LogP contribution in [0.4, 0.5) is 0 Å². The van der Waals surface area contributed by atoms with E-state index in [1.165, 1.54) is 5.56 Å². The van der Waals surface area contributed by atoms with Crippen LogP contribution in [0.5, 0.6) is 0 Å². The van der Waals surface area contributed by atoms with Crippen LogP contribution in [0.25, 0.3) is 60.5 Å². The number of rotatable bonds is 4. The molecule has 0 spiro atoms. The lowest BCUT2D eigenvalue weighted by molar-refractivity contribution is 0.734. The minimum absolute atomic E-state index is 0.0231. The number of hydrogen-bond donors (Lipinski definition) is 0. The van der Waals surface area contributed by atoms with E-state index in [0.717, 1.165) is 61.3 Å². The normalized spacial score (nSPS) is 12.7. The first-order chi connectivity index (χ1) is 18.2. The Morgan fingerprint density at radius 2 is 1.43 bits per heavy atom. The largest absolute Gasteiger partial charge is 0.268 e. The summed E-state index contributed by atoms with van der Waals surface area (Å²) in [5.41, 5.74) is 8.16. The number of benzene rings is 5. The quantitative estimate of drug-likeness (QED) is 0.254. The highest BCUT2D eigenvalue weighted by Gasteiger charge is 2.19. The van der Waals surface area contributed by atoms with Crippen LogP contribution >= 0.6 is 0 Å². The second kappa shape index (κ2) is 8.28. The van der Waals surface area contributed by atoms with Gasteiger partial charge in [0.15, 0.2) is 0 Å². The average Bonchev–Trinajstić information content (AvgIpc) is 3.36. The predicted octanol–water partition coefficient (Wildman–Crippen LogP) is 8.44. The van der Waals surface area contributed by atoms with Crippen molar-refractivity contribution in [3.05, 3.63) is 119 Å². The summed E-state index contributed by atoms with van der Waals surface area (Å²) < 4.78 is 1.79. The first kappa shape index (κ1) is 21.8. The zero-order chi connectivity index (χ0) is 25.1. The number of para-hydroxylation sites is 1. The molecule has 0 aliphatic carbocycles. The van der Waals surface area contributed by atoms with E-state index in [4.69, 9.17) is 4.98 Å². The van der Waals surface area contributed by atoms with Crippen LogP contribution in [0.3, 0.4) is 0 Å². The van der Waals surface area contributed by atoms with Gasteiger partial charge in [0.25, 0.3) is 5.56 Å². The lowest BCUT2D eigenvalue weighted by atomic mass is 9.92. The van der Waals surface area contributed by atoms with E-state index < -0.39 is 0 Å². The Bertz CT molecular complexity index is 1990. The fourth-order valence-corrected chi connectivity index (χ4v) is 5.71. The molecule has 7 rings (SSSR count). The highest BCUT2D eigenvalue weighted by molar-refractivity contribution is 6.19. The van der Waals surface area contributed by atoms with Crippen LogP contribution in [0.15, 0.2) is 108 Å². The van der Waals surface area contributed by atoms with Crippen LogP contribution in [0, 0.1) is 0 Å². The number of hydrogen-bond acceptors (Lipinski definition) is 2. The molecule has 0 N–H and O–H groups in total. The van der Waals surface area contributed by atoms with E-state index in [-0.39, 0.29) is 5.56 Å². The van der Waals surface area contributed by atoms with Crippen molar-refractivity contribution in [2.24, 2.45) is 0 Å². The molecule has 0 aliphatic heterocycles. The predicted molar refractivity (Wildman–Crippen MR) is 155 cm³/mol. The molecule has 37 heavy (non-hydrogen) atoms. The van der Waals surface area contributed by atoms with E-state index in [1.807, 2.05) is 42.5 Å². The van der Waals surface area contributed by atoms with Crippen LogP contribution < -0.4 is 5.56 Å². The van der Waals surface area contributed by atoms with E-state index in [0.29, 0.717) is 11.6 Å². The van der Waals surface area contributed by atoms with Gasteiger partial charge in [-0.3, -0.25) is 9.20 Å². The molecule has 0 aliphatic rings. The molecule has 1 atom stereocenters. The van der Waals surface area contributed by atoms with E-state index in [9.17, 15) is 4.79 Å². The molecule has 0 bridgehead atoms. The second-order valence-corrected chi connectivity index (χ2v) is 9.94. The van der Waals surface area contributed by atoms with Crippen molar-refractivity contribution < 1.29 is 0 Å². The summed E-state index contributed by atoms with van der Waals surface area (Å²) in [6.45, 7) is 4.48. The number of aromatic nitrogens is 2. The molecule has 0 radical (unpaired) electrons. The monoisotopic (exact) mass is 478 g/mol. The van der Waals surface area contributed by atoms with Gasteiger partial charge in [-0.05, 0) is 58.2 Å². The van der Waals surface area contributed by atoms with Crippen molar-refractivity contribution in [2.45, 2.75) is 26.2 Å². The molecule has 5 aromatic carbocycles. The summed E-state index contributed by atoms with van der Waals surface area (Å²) in [5.74, 6) is 0.539. The number of imidazole rings is 1. The highest BCUT2D eigenvalue weighted by atomic mass is 16.1. The maximum Gasteiger partial charge on any atom is 0.264 e. The third kappa shape index (κ3) is 3.20. The molecule has 2 aromatic heterocycles. The number of nitrogens with zero attached hydrogens (tertiary/aromatic N) is 2. The average molecular weight is 479 g/mol. The van der Waals surface area contributed by atoms with Crippen LogP contribution in [-0.4, -0.2) is 9.38 Å². The van der Waals surface area contributed by atoms with Crippen molar-refractivity contribution in [1.82, 2.24) is 9.38 Å². The number of pyridine rings is 1. The van der Waals surface area contributed by atoms with Crippen LogP contribution in [0.2, 0.25) is 0 Å². The first-order valence-electron chi connectivity index (χ1n) is 12.9. The molecular weight excluding hydrogens is 452 g/mol. The summed E-state index contributed by atoms with van der Waals surface area (Å²) >= 11 is 0. The molecular formula is C34H26N2O. The standard InChI is InChI=1S/C34H26N2O/c1-3-21(2)22-15-17-24(18-16-22)25-19-20-28-31-27(25)12-7-13-29(31)34(37)36-30-14-8-11-26(32(30)35-33(28)36)23-9-5-4-6-10-23/h4-21H,3H2,1-2H3. The van der Waals surface area contributed by atoms with Gasteiger partial charge < -0.3 is 0 Å². The summed E-state index contributed by atoms with van der Waals surface area (Å²) in [4.78, 5) is 19.0. The minimum atomic E-state index is -0.0231. The lowest BCUT2D eigenvalue weighted by Crippen LogP contribution is -2.13. The maximum absolute atomic E-state index is 13.9. The van der Waals surface area contributed by atoms with Gasteiger partial charge in [0.05, 0.1) is 11.0 Å². The zero-order valence-electron chi connectivity index (χ0n) is 20.9. The minimum Gasteiger partial charge on any atom is -0.268 e. The van der Waals surface area contributed by atoms with Crippen molar-refractivity contribution in [1.29, 1.82) is 0 Å². The van der Waals surface area contributed by atoms with E-state index in [1.54, 1.807) is 4.40 Å². The Balaban J connectivity index is 1.53. The zero-order valence-corrected chi connectivity index (χ0v) is 20.9. The van der Waals surface area contributed by atoms with Gasteiger partial charge in [-0.25, -0.2) is 4.98 Å².